The molecule has 0 radical (unpaired) electrons. The fourth-order valence-corrected chi connectivity index (χ4v) is 2.80. The van der Waals surface area contributed by atoms with Crippen molar-refractivity contribution in [3.63, 3.8) is 0 Å². The predicted molar refractivity (Wildman–Crippen MR) is 67.1 cm³/mol. The summed E-state index contributed by atoms with van der Waals surface area (Å²) in [7, 11) is 0. The van der Waals surface area contributed by atoms with Gasteiger partial charge in [0, 0.05) is 11.2 Å². The Morgan fingerprint density at radius 3 is 2.93 bits per heavy atom. The lowest BCUT2D eigenvalue weighted by atomic mass is 9.94. The van der Waals surface area contributed by atoms with Crippen LogP contribution in [-0.2, 0) is 6.42 Å². The van der Waals surface area contributed by atoms with Crippen molar-refractivity contribution in [3.05, 3.63) is 29.3 Å². The lowest BCUT2D eigenvalue weighted by molar-refractivity contribution is 0.351. The molecule has 0 aliphatic carbocycles. The third-order valence-electron chi connectivity index (χ3n) is 2.95. The lowest BCUT2D eigenvalue weighted by Crippen LogP contribution is -2.02. The number of para-hydroxylation sites is 1. The number of rotatable bonds is 3. The zero-order chi connectivity index (χ0) is 10.8. The average molecular weight is 269 g/mol. The number of halogens is 1. The molecule has 2 rings (SSSR count). The standard InChI is InChI=1S/C13H17BrO/c1-9(8-10(2)14)12-5-3-4-11-6-7-15-13(11)12/h3-5,9-10H,6-8H2,1-2H3. The molecule has 2 heteroatoms. The third kappa shape index (κ3) is 2.36. The van der Waals surface area contributed by atoms with Crippen LogP contribution < -0.4 is 4.74 Å². The molecule has 1 aromatic carbocycles. The van der Waals surface area contributed by atoms with Gasteiger partial charge < -0.3 is 4.74 Å². The van der Waals surface area contributed by atoms with E-state index in [1.807, 2.05) is 0 Å². The van der Waals surface area contributed by atoms with Crippen LogP contribution in [0.3, 0.4) is 0 Å². The molecule has 0 saturated carbocycles. The fourth-order valence-electron chi connectivity index (χ4n) is 2.24. The van der Waals surface area contributed by atoms with E-state index in [1.165, 1.54) is 11.1 Å². The Balaban J connectivity index is 2.24. The summed E-state index contributed by atoms with van der Waals surface area (Å²) < 4.78 is 5.72. The smallest absolute Gasteiger partial charge is 0.126 e. The molecule has 0 N–H and O–H groups in total. The quantitative estimate of drug-likeness (QED) is 0.756. The van der Waals surface area contributed by atoms with Gasteiger partial charge >= 0.3 is 0 Å². The summed E-state index contributed by atoms with van der Waals surface area (Å²) in [5.41, 5.74) is 2.75. The van der Waals surface area contributed by atoms with Gasteiger partial charge in [-0.3, -0.25) is 0 Å². The van der Waals surface area contributed by atoms with Gasteiger partial charge in [0.25, 0.3) is 0 Å². The van der Waals surface area contributed by atoms with E-state index in [0.29, 0.717) is 10.7 Å². The van der Waals surface area contributed by atoms with Crippen molar-refractivity contribution in [1.82, 2.24) is 0 Å². The van der Waals surface area contributed by atoms with Crippen molar-refractivity contribution >= 4 is 15.9 Å². The molecule has 1 aromatic rings. The molecule has 0 bridgehead atoms. The minimum atomic E-state index is 0.560. The van der Waals surface area contributed by atoms with Gasteiger partial charge in [-0.1, -0.05) is 48.0 Å². The maximum atomic E-state index is 5.72. The van der Waals surface area contributed by atoms with E-state index >= 15 is 0 Å². The van der Waals surface area contributed by atoms with Crippen LogP contribution in [-0.4, -0.2) is 11.4 Å². The van der Waals surface area contributed by atoms with Crippen LogP contribution in [0.4, 0.5) is 0 Å². The topological polar surface area (TPSA) is 9.23 Å². The summed E-state index contributed by atoms with van der Waals surface area (Å²) in [5, 5.41) is 0. The van der Waals surface area contributed by atoms with Gasteiger partial charge in [-0.15, -0.1) is 0 Å². The highest BCUT2D eigenvalue weighted by atomic mass is 79.9. The summed E-state index contributed by atoms with van der Waals surface area (Å²) >= 11 is 3.61. The van der Waals surface area contributed by atoms with Crippen LogP contribution in [0.15, 0.2) is 18.2 Å². The molecule has 15 heavy (non-hydrogen) atoms. The monoisotopic (exact) mass is 268 g/mol. The Morgan fingerprint density at radius 2 is 2.20 bits per heavy atom. The molecule has 2 unspecified atom stereocenters. The summed E-state index contributed by atoms with van der Waals surface area (Å²) in [5.74, 6) is 1.71. The first-order valence-electron chi connectivity index (χ1n) is 5.57. The average Bonchev–Trinajstić information content (AvgIpc) is 2.63. The highest BCUT2D eigenvalue weighted by Gasteiger charge is 2.20. The minimum absolute atomic E-state index is 0.560. The van der Waals surface area contributed by atoms with Gasteiger partial charge in [-0.25, -0.2) is 0 Å². The van der Waals surface area contributed by atoms with Crippen LogP contribution in [0.5, 0.6) is 5.75 Å². The molecule has 0 amide bonds. The van der Waals surface area contributed by atoms with E-state index < -0.39 is 0 Å². The number of fused-ring (bicyclic) bond motifs is 1. The van der Waals surface area contributed by atoms with Gasteiger partial charge in [0.05, 0.1) is 6.61 Å². The van der Waals surface area contributed by atoms with Gasteiger partial charge in [0.2, 0.25) is 0 Å². The van der Waals surface area contributed by atoms with Crippen LogP contribution in [0.1, 0.15) is 37.3 Å². The van der Waals surface area contributed by atoms with Crippen LogP contribution in [0.2, 0.25) is 0 Å². The number of hydrogen-bond donors (Lipinski definition) is 0. The van der Waals surface area contributed by atoms with Crippen LogP contribution in [0, 0.1) is 0 Å². The fraction of sp³-hybridized carbons (Fsp3) is 0.538. The zero-order valence-electron chi connectivity index (χ0n) is 9.29. The molecule has 0 saturated heterocycles. The van der Waals surface area contributed by atoms with Gasteiger partial charge in [0.1, 0.15) is 5.75 Å². The number of ether oxygens (including phenoxy) is 1. The highest BCUT2D eigenvalue weighted by Crippen LogP contribution is 2.36. The van der Waals surface area contributed by atoms with E-state index in [1.54, 1.807) is 0 Å². The predicted octanol–water partition coefficient (Wildman–Crippen LogP) is 3.90. The number of hydrogen-bond acceptors (Lipinski definition) is 1. The molecule has 82 valence electrons. The Hall–Kier alpha value is -0.500. The number of benzene rings is 1. The van der Waals surface area contributed by atoms with Crippen molar-refractivity contribution in [2.24, 2.45) is 0 Å². The van der Waals surface area contributed by atoms with E-state index in [4.69, 9.17) is 4.74 Å². The Kier molecular flexibility index (Phi) is 3.35. The first-order valence-corrected chi connectivity index (χ1v) is 6.48. The minimum Gasteiger partial charge on any atom is -0.493 e. The molecule has 0 aromatic heterocycles. The molecule has 1 heterocycles. The third-order valence-corrected chi connectivity index (χ3v) is 3.33. The summed E-state index contributed by atoms with van der Waals surface area (Å²) in [6, 6.07) is 6.53. The van der Waals surface area contributed by atoms with E-state index in [0.717, 1.165) is 25.2 Å². The van der Waals surface area contributed by atoms with Crippen molar-refractivity contribution in [3.8, 4) is 5.75 Å². The van der Waals surface area contributed by atoms with Crippen molar-refractivity contribution in [2.75, 3.05) is 6.61 Å². The molecular weight excluding hydrogens is 252 g/mol. The highest BCUT2D eigenvalue weighted by molar-refractivity contribution is 9.09. The Bertz CT molecular complexity index is 346. The SMILES string of the molecule is CC(Br)CC(C)c1cccc2c1OCC2. The first kappa shape index (κ1) is 11.0. The molecule has 0 fully saturated rings. The molecule has 2 atom stereocenters. The van der Waals surface area contributed by atoms with Crippen LogP contribution in [0.25, 0.3) is 0 Å². The molecule has 0 spiro atoms. The lowest BCUT2D eigenvalue weighted by Gasteiger charge is -2.16. The molecule has 1 aliphatic heterocycles. The van der Waals surface area contributed by atoms with E-state index in [-0.39, 0.29) is 0 Å². The summed E-state index contributed by atoms with van der Waals surface area (Å²) in [6.45, 7) is 5.32. The maximum Gasteiger partial charge on any atom is 0.126 e. The summed E-state index contributed by atoms with van der Waals surface area (Å²) in [6.07, 6.45) is 2.22. The second kappa shape index (κ2) is 4.56. The first-order chi connectivity index (χ1) is 7.18. The van der Waals surface area contributed by atoms with Crippen molar-refractivity contribution in [1.29, 1.82) is 0 Å². The Labute approximate surface area is 100.0 Å². The molecule has 1 aliphatic rings. The normalized spacial score (nSPS) is 18.1. The Morgan fingerprint density at radius 1 is 1.40 bits per heavy atom. The summed E-state index contributed by atoms with van der Waals surface area (Å²) in [4.78, 5) is 0.560. The van der Waals surface area contributed by atoms with E-state index in [9.17, 15) is 0 Å². The van der Waals surface area contributed by atoms with E-state index in [2.05, 4.69) is 48.0 Å². The van der Waals surface area contributed by atoms with Crippen LogP contribution >= 0.6 is 15.9 Å². The zero-order valence-corrected chi connectivity index (χ0v) is 10.9. The van der Waals surface area contributed by atoms with Gasteiger partial charge in [-0.2, -0.15) is 0 Å². The second-order valence-corrected chi connectivity index (χ2v) is 5.91. The van der Waals surface area contributed by atoms with Crippen molar-refractivity contribution < 1.29 is 4.74 Å². The van der Waals surface area contributed by atoms with Gasteiger partial charge in [-0.05, 0) is 23.5 Å². The molecule has 1 nitrogen and oxygen atoms in total. The molecular formula is C13H17BrO. The maximum absolute atomic E-state index is 5.72. The second-order valence-electron chi connectivity index (χ2n) is 4.35. The van der Waals surface area contributed by atoms with Crippen molar-refractivity contribution in [2.45, 2.75) is 37.4 Å². The largest absolute Gasteiger partial charge is 0.493 e. The number of alkyl halides is 1. The van der Waals surface area contributed by atoms with Gasteiger partial charge in [0.15, 0.2) is 0 Å².